The van der Waals surface area contributed by atoms with Gasteiger partial charge in [0.05, 0.1) is 44.1 Å². The first kappa shape index (κ1) is 19.1. The molecule has 5 nitrogen and oxygen atoms in total. The molecule has 0 aromatic carbocycles. The molecule has 0 spiro atoms. The number of ether oxygens (including phenoxy) is 3. The Kier molecular flexibility index (Phi) is 5.64. The Morgan fingerprint density at radius 3 is 2.08 bits per heavy atom. The number of methoxy groups -OCH3 is 3. The normalized spacial score (nSPS) is 54.1. The summed E-state index contributed by atoms with van der Waals surface area (Å²) in [5.41, 5.74) is 0. The molecule has 1 aliphatic heterocycles. The minimum absolute atomic E-state index is 0.0245. The van der Waals surface area contributed by atoms with Crippen molar-refractivity contribution in [3.05, 3.63) is 0 Å². The van der Waals surface area contributed by atoms with E-state index < -0.39 is 0 Å². The topological polar surface area (TPSA) is 52.4 Å². The maximum Gasteiger partial charge on any atom is 0.0936 e. The van der Waals surface area contributed by atoms with Crippen LogP contribution in [0, 0.1) is 29.6 Å². The fourth-order valence-corrected chi connectivity index (χ4v) is 7.44. The Morgan fingerprint density at radius 2 is 1.38 bits per heavy atom. The molecule has 11 unspecified atom stereocenters. The van der Waals surface area contributed by atoms with Crippen molar-refractivity contribution in [1.82, 2.24) is 0 Å². The van der Waals surface area contributed by atoms with E-state index in [0.29, 0.717) is 11.8 Å². The maximum atomic E-state index is 10.4. The summed E-state index contributed by atoms with van der Waals surface area (Å²) < 4.78 is 17.2. The van der Waals surface area contributed by atoms with E-state index in [9.17, 15) is 5.11 Å². The summed E-state index contributed by atoms with van der Waals surface area (Å²) in [4.78, 5) is 1.71. The van der Waals surface area contributed by atoms with Crippen molar-refractivity contribution < 1.29 is 24.2 Å². The molecule has 4 rings (SSSR count). The average Bonchev–Trinajstić information content (AvgIpc) is 2.65. The smallest absolute Gasteiger partial charge is 0.0936 e. The summed E-state index contributed by atoms with van der Waals surface area (Å²) in [7, 11) is 7.85. The van der Waals surface area contributed by atoms with Gasteiger partial charge in [0.25, 0.3) is 0 Å². The number of rotatable bonds is 3. The van der Waals surface area contributed by atoms with E-state index in [0.717, 1.165) is 49.5 Å². The highest BCUT2D eigenvalue weighted by molar-refractivity contribution is 5.01. The zero-order valence-electron chi connectivity index (χ0n) is 16.9. The van der Waals surface area contributed by atoms with Gasteiger partial charge in [-0.1, -0.05) is 0 Å². The van der Waals surface area contributed by atoms with Crippen molar-refractivity contribution in [3.63, 3.8) is 0 Å². The fourth-order valence-electron chi connectivity index (χ4n) is 7.44. The van der Waals surface area contributed by atoms with Crippen molar-refractivity contribution in [1.29, 1.82) is 0 Å². The first-order valence-electron chi connectivity index (χ1n) is 10.7. The zero-order chi connectivity index (χ0) is 18.4. The lowest BCUT2D eigenvalue weighted by Crippen LogP contribution is -3.17. The van der Waals surface area contributed by atoms with E-state index in [1.54, 1.807) is 12.0 Å². The molecular formula is C21H38NO4+. The van der Waals surface area contributed by atoms with E-state index in [4.69, 9.17) is 14.2 Å². The van der Waals surface area contributed by atoms with Crippen LogP contribution in [0.2, 0.25) is 0 Å². The van der Waals surface area contributed by atoms with Crippen molar-refractivity contribution in [2.45, 2.75) is 69.0 Å². The van der Waals surface area contributed by atoms with Crippen LogP contribution in [0.25, 0.3) is 0 Å². The Bertz CT molecular complexity index is 489. The summed E-state index contributed by atoms with van der Waals surface area (Å²) in [6, 6.07) is 0.719. The summed E-state index contributed by atoms with van der Waals surface area (Å²) in [5, 5.41) is 10.4. The van der Waals surface area contributed by atoms with Gasteiger partial charge in [0.1, 0.15) is 0 Å². The second-order valence-electron chi connectivity index (χ2n) is 9.50. The van der Waals surface area contributed by atoms with Crippen LogP contribution in [-0.2, 0) is 14.2 Å². The molecule has 4 aliphatic rings. The fraction of sp³-hybridized carbons (Fsp3) is 1.00. The molecule has 150 valence electrons. The molecule has 0 aromatic heterocycles. The molecular weight excluding hydrogens is 330 g/mol. The van der Waals surface area contributed by atoms with Crippen LogP contribution in [0.3, 0.4) is 0 Å². The lowest BCUT2D eigenvalue weighted by atomic mass is 9.55. The largest absolute Gasteiger partial charge is 0.390 e. The van der Waals surface area contributed by atoms with E-state index in [1.165, 1.54) is 19.4 Å². The third-order valence-electron chi connectivity index (χ3n) is 8.55. The molecule has 5 heteroatoms. The quantitative estimate of drug-likeness (QED) is 0.772. The predicted molar refractivity (Wildman–Crippen MR) is 99.1 cm³/mol. The molecule has 0 amide bonds. The van der Waals surface area contributed by atoms with Gasteiger partial charge in [-0.3, -0.25) is 0 Å². The second kappa shape index (κ2) is 7.67. The van der Waals surface area contributed by atoms with Gasteiger partial charge >= 0.3 is 0 Å². The Hall–Kier alpha value is -0.200. The zero-order valence-corrected chi connectivity index (χ0v) is 16.9. The van der Waals surface area contributed by atoms with E-state index in [1.807, 2.05) is 14.2 Å². The van der Waals surface area contributed by atoms with Crippen LogP contribution in [0.5, 0.6) is 0 Å². The highest BCUT2D eigenvalue weighted by atomic mass is 16.5. The van der Waals surface area contributed by atoms with E-state index >= 15 is 0 Å². The molecule has 1 heterocycles. The number of hydrogen-bond donors (Lipinski definition) is 2. The number of piperidine rings is 1. The first-order chi connectivity index (χ1) is 12.6. The van der Waals surface area contributed by atoms with E-state index in [2.05, 4.69) is 7.05 Å². The number of nitrogens with one attached hydrogen (secondary N) is 1. The highest BCUT2D eigenvalue weighted by Gasteiger charge is 2.56. The van der Waals surface area contributed by atoms with Crippen molar-refractivity contribution in [3.8, 4) is 0 Å². The molecule has 0 radical (unpaired) electrons. The maximum absolute atomic E-state index is 10.4. The molecule has 26 heavy (non-hydrogen) atoms. The van der Waals surface area contributed by atoms with Gasteiger partial charge in [0.15, 0.2) is 0 Å². The van der Waals surface area contributed by atoms with E-state index in [-0.39, 0.29) is 24.4 Å². The number of likely N-dealkylation sites (tertiary alicyclic amines) is 1. The Morgan fingerprint density at radius 1 is 0.731 bits per heavy atom. The summed E-state index contributed by atoms with van der Waals surface area (Å²) >= 11 is 0. The average molecular weight is 369 g/mol. The Labute approximate surface area is 158 Å². The molecule has 2 N–H and O–H groups in total. The SMILES string of the molecule is COC1CC2C(CCC3C4CC(OC)C(OC)CC4C[NH+](C)C23)CC1O. The number of aliphatic hydroxyl groups is 1. The minimum atomic E-state index is -0.274. The van der Waals surface area contributed by atoms with Crippen molar-refractivity contribution in [2.24, 2.45) is 29.6 Å². The van der Waals surface area contributed by atoms with Gasteiger partial charge in [-0.15, -0.1) is 0 Å². The lowest BCUT2D eigenvalue weighted by molar-refractivity contribution is -0.928. The molecule has 4 fully saturated rings. The van der Waals surface area contributed by atoms with Crippen molar-refractivity contribution >= 4 is 0 Å². The number of aliphatic hydroxyl groups excluding tert-OH is 1. The third-order valence-corrected chi connectivity index (χ3v) is 8.55. The van der Waals surface area contributed by atoms with Crippen LogP contribution in [0.4, 0.5) is 0 Å². The molecule has 3 aliphatic carbocycles. The van der Waals surface area contributed by atoms with Crippen LogP contribution in [-0.4, -0.2) is 70.5 Å². The molecule has 0 aromatic rings. The minimum Gasteiger partial charge on any atom is -0.390 e. The predicted octanol–water partition coefficient (Wildman–Crippen LogP) is 0.752. The van der Waals surface area contributed by atoms with Crippen molar-refractivity contribution in [2.75, 3.05) is 34.9 Å². The standard InChI is InChI=1S/C21H37NO4/c1-22-11-13-8-19(25-3)20(26-4)9-15(13)14-6-5-12-7-17(23)18(24-2)10-16(12)21(14)22/h12-21,23H,5-11H2,1-4H3/p+1. The van der Waals surface area contributed by atoms with Crippen LogP contribution in [0.1, 0.15) is 38.5 Å². The molecule has 3 saturated carbocycles. The van der Waals surface area contributed by atoms with Gasteiger partial charge in [0.2, 0.25) is 0 Å². The van der Waals surface area contributed by atoms with Gasteiger partial charge in [0, 0.05) is 39.1 Å². The van der Waals surface area contributed by atoms with Gasteiger partial charge < -0.3 is 24.2 Å². The summed E-state index contributed by atoms with van der Waals surface area (Å²) in [5.74, 6) is 3.70. The third kappa shape index (κ3) is 3.14. The summed E-state index contributed by atoms with van der Waals surface area (Å²) in [6.45, 7) is 1.26. The molecule has 1 saturated heterocycles. The number of quaternary nitrogens is 1. The Balaban J connectivity index is 1.55. The van der Waals surface area contributed by atoms with Gasteiger partial charge in [-0.2, -0.15) is 0 Å². The van der Waals surface area contributed by atoms with Crippen LogP contribution >= 0.6 is 0 Å². The first-order valence-corrected chi connectivity index (χ1v) is 10.7. The second-order valence-corrected chi connectivity index (χ2v) is 9.50. The van der Waals surface area contributed by atoms with Gasteiger partial charge in [-0.25, -0.2) is 0 Å². The van der Waals surface area contributed by atoms with Gasteiger partial charge in [-0.05, 0) is 50.4 Å². The number of hydrogen-bond acceptors (Lipinski definition) is 4. The lowest BCUT2D eigenvalue weighted by Gasteiger charge is -2.57. The molecule has 0 bridgehead atoms. The summed E-state index contributed by atoms with van der Waals surface area (Å²) in [6.07, 6.45) is 7.12. The highest BCUT2D eigenvalue weighted by Crippen LogP contribution is 2.50. The monoisotopic (exact) mass is 368 g/mol. The van der Waals surface area contributed by atoms with Crippen LogP contribution < -0.4 is 4.90 Å². The van der Waals surface area contributed by atoms with Crippen LogP contribution in [0.15, 0.2) is 0 Å². The number of fused-ring (bicyclic) bond motifs is 5. The molecule has 11 atom stereocenters.